The van der Waals surface area contributed by atoms with E-state index in [0.717, 1.165) is 35.9 Å². The highest BCUT2D eigenvalue weighted by Gasteiger charge is 2.26. The molecule has 0 aromatic heterocycles. The number of ether oxygens (including phenoxy) is 1. The maximum absolute atomic E-state index is 11.2. The lowest BCUT2D eigenvalue weighted by Crippen LogP contribution is -2.32. The molecule has 20 heavy (non-hydrogen) atoms. The van der Waals surface area contributed by atoms with Crippen molar-refractivity contribution in [2.75, 3.05) is 0 Å². The Kier molecular flexibility index (Phi) is 3.09. The first kappa shape index (κ1) is 13.2. The molecule has 2 aliphatic rings. The fraction of sp³-hybridized carbons (Fsp3) is 0.333. The van der Waals surface area contributed by atoms with Crippen LogP contribution in [0.25, 0.3) is 6.08 Å². The fourth-order valence-electron chi connectivity index (χ4n) is 2.36. The molecule has 1 amide bonds. The SMILES string of the molecule is CC1(C)CCc2cc(/C=C3\SC(=O)NC3=N)ccc2O1. The molecular weight excluding hydrogens is 272 g/mol. The number of benzene rings is 1. The molecule has 104 valence electrons. The lowest BCUT2D eigenvalue weighted by atomic mass is 9.93. The molecule has 2 heterocycles. The van der Waals surface area contributed by atoms with Gasteiger partial charge in [-0.05, 0) is 67.8 Å². The predicted octanol–water partition coefficient (Wildman–Crippen LogP) is 3.56. The number of nitrogens with one attached hydrogen (secondary N) is 2. The number of thioether (sulfide) groups is 1. The van der Waals surface area contributed by atoms with Gasteiger partial charge in [0, 0.05) is 0 Å². The Morgan fingerprint density at radius 1 is 1.45 bits per heavy atom. The summed E-state index contributed by atoms with van der Waals surface area (Å²) in [6, 6.07) is 6.01. The molecule has 0 unspecified atom stereocenters. The number of amides is 1. The van der Waals surface area contributed by atoms with E-state index < -0.39 is 0 Å². The summed E-state index contributed by atoms with van der Waals surface area (Å²) < 4.78 is 5.95. The molecule has 1 aromatic carbocycles. The zero-order valence-corrected chi connectivity index (χ0v) is 12.3. The van der Waals surface area contributed by atoms with Crippen LogP contribution in [0.4, 0.5) is 4.79 Å². The largest absolute Gasteiger partial charge is 0.488 e. The number of hydrogen-bond donors (Lipinski definition) is 2. The van der Waals surface area contributed by atoms with Gasteiger partial charge < -0.3 is 10.1 Å². The molecule has 0 atom stereocenters. The van der Waals surface area contributed by atoms with Crippen molar-refractivity contribution < 1.29 is 9.53 Å². The van der Waals surface area contributed by atoms with Crippen molar-refractivity contribution in [1.29, 1.82) is 5.41 Å². The third-order valence-electron chi connectivity index (χ3n) is 3.44. The second-order valence-corrected chi connectivity index (χ2v) is 6.64. The molecule has 5 heteroatoms. The van der Waals surface area contributed by atoms with Gasteiger partial charge in [0.15, 0.2) is 0 Å². The number of hydrogen-bond acceptors (Lipinski definition) is 4. The highest BCUT2D eigenvalue weighted by atomic mass is 32.2. The fourth-order valence-corrected chi connectivity index (χ4v) is 3.06. The number of carbonyl (C=O) groups excluding carboxylic acids is 1. The summed E-state index contributed by atoms with van der Waals surface area (Å²) in [6.45, 7) is 4.19. The van der Waals surface area contributed by atoms with E-state index in [0.29, 0.717) is 4.91 Å². The van der Waals surface area contributed by atoms with Crippen LogP contribution in [0.3, 0.4) is 0 Å². The van der Waals surface area contributed by atoms with E-state index >= 15 is 0 Å². The molecule has 0 saturated carbocycles. The summed E-state index contributed by atoms with van der Waals surface area (Å²) in [6.07, 6.45) is 3.84. The van der Waals surface area contributed by atoms with Gasteiger partial charge in [-0.25, -0.2) is 0 Å². The summed E-state index contributed by atoms with van der Waals surface area (Å²) >= 11 is 1.06. The van der Waals surface area contributed by atoms with Crippen molar-refractivity contribution >= 4 is 28.9 Å². The van der Waals surface area contributed by atoms with E-state index in [1.54, 1.807) is 0 Å². The van der Waals surface area contributed by atoms with Gasteiger partial charge in [-0.1, -0.05) is 6.07 Å². The van der Waals surface area contributed by atoms with Crippen molar-refractivity contribution in [3.63, 3.8) is 0 Å². The molecular formula is C15H16N2O2S. The molecule has 2 aliphatic heterocycles. The minimum absolute atomic E-state index is 0.104. The van der Waals surface area contributed by atoms with Gasteiger partial charge in [0.2, 0.25) is 0 Å². The van der Waals surface area contributed by atoms with E-state index in [9.17, 15) is 4.79 Å². The van der Waals surface area contributed by atoms with Gasteiger partial charge in [-0.3, -0.25) is 10.2 Å². The van der Waals surface area contributed by atoms with Crippen LogP contribution < -0.4 is 10.1 Å². The van der Waals surface area contributed by atoms with Crippen molar-refractivity contribution in [3.05, 3.63) is 34.2 Å². The quantitative estimate of drug-likeness (QED) is 0.830. The van der Waals surface area contributed by atoms with E-state index in [1.165, 1.54) is 5.56 Å². The Balaban J connectivity index is 1.89. The number of amidine groups is 1. The van der Waals surface area contributed by atoms with Crippen LogP contribution in [0.1, 0.15) is 31.4 Å². The Hall–Kier alpha value is -1.75. The van der Waals surface area contributed by atoms with Gasteiger partial charge in [0.1, 0.15) is 17.2 Å². The zero-order valence-electron chi connectivity index (χ0n) is 11.4. The van der Waals surface area contributed by atoms with Gasteiger partial charge in [0.05, 0.1) is 4.91 Å². The van der Waals surface area contributed by atoms with E-state index in [2.05, 4.69) is 25.2 Å². The minimum Gasteiger partial charge on any atom is -0.488 e. The lowest BCUT2D eigenvalue weighted by molar-refractivity contribution is 0.0847. The van der Waals surface area contributed by atoms with Gasteiger partial charge in [0.25, 0.3) is 5.24 Å². The summed E-state index contributed by atoms with van der Waals surface area (Å²) in [5.41, 5.74) is 2.08. The van der Waals surface area contributed by atoms with Crippen molar-refractivity contribution in [2.45, 2.75) is 32.3 Å². The molecule has 4 nitrogen and oxygen atoms in total. The van der Waals surface area contributed by atoms with Crippen LogP contribution in [-0.2, 0) is 6.42 Å². The Bertz CT molecular complexity index is 635. The van der Waals surface area contributed by atoms with Crippen LogP contribution >= 0.6 is 11.8 Å². The van der Waals surface area contributed by atoms with Crippen molar-refractivity contribution in [3.8, 4) is 5.75 Å². The second kappa shape index (κ2) is 4.66. The zero-order chi connectivity index (χ0) is 14.3. The number of rotatable bonds is 1. The van der Waals surface area contributed by atoms with Gasteiger partial charge >= 0.3 is 0 Å². The third kappa shape index (κ3) is 2.58. The first-order valence-electron chi connectivity index (χ1n) is 6.54. The minimum atomic E-state index is -0.190. The average Bonchev–Trinajstić information content (AvgIpc) is 2.67. The lowest BCUT2D eigenvalue weighted by Gasteiger charge is -2.32. The molecule has 0 bridgehead atoms. The number of aryl methyl sites for hydroxylation is 1. The smallest absolute Gasteiger partial charge is 0.289 e. The first-order valence-corrected chi connectivity index (χ1v) is 7.36. The highest BCUT2D eigenvalue weighted by Crippen LogP contribution is 2.34. The van der Waals surface area contributed by atoms with Crippen LogP contribution in [0.2, 0.25) is 0 Å². The number of carbonyl (C=O) groups is 1. The molecule has 1 fully saturated rings. The Morgan fingerprint density at radius 2 is 2.25 bits per heavy atom. The van der Waals surface area contributed by atoms with Crippen LogP contribution in [0.15, 0.2) is 23.1 Å². The topological polar surface area (TPSA) is 62.2 Å². The molecule has 2 N–H and O–H groups in total. The monoisotopic (exact) mass is 288 g/mol. The van der Waals surface area contributed by atoms with Crippen LogP contribution in [0.5, 0.6) is 5.75 Å². The molecule has 3 rings (SSSR count). The van der Waals surface area contributed by atoms with Crippen LogP contribution in [-0.4, -0.2) is 16.7 Å². The summed E-state index contributed by atoms with van der Waals surface area (Å²) in [5.74, 6) is 1.11. The van der Waals surface area contributed by atoms with E-state index in [4.69, 9.17) is 10.1 Å². The van der Waals surface area contributed by atoms with E-state index in [1.807, 2.05) is 18.2 Å². The second-order valence-electron chi connectivity index (χ2n) is 5.63. The number of fused-ring (bicyclic) bond motifs is 1. The first-order chi connectivity index (χ1) is 9.43. The normalized spacial score (nSPS) is 22.4. The molecule has 1 aromatic rings. The molecule has 0 spiro atoms. The third-order valence-corrected chi connectivity index (χ3v) is 4.27. The van der Waals surface area contributed by atoms with Gasteiger partial charge in [-0.2, -0.15) is 0 Å². The van der Waals surface area contributed by atoms with Crippen molar-refractivity contribution in [1.82, 2.24) is 5.32 Å². The maximum atomic E-state index is 11.2. The molecule has 0 radical (unpaired) electrons. The maximum Gasteiger partial charge on any atom is 0.289 e. The Morgan fingerprint density at radius 3 is 2.95 bits per heavy atom. The van der Waals surface area contributed by atoms with E-state index in [-0.39, 0.29) is 16.7 Å². The summed E-state index contributed by atoms with van der Waals surface area (Å²) in [7, 11) is 0. The highest BCUT2D eigenvalue weighted by molar-refractivity contribution is 8.18. The molecule has 0 aliphatic carbocycles. The van der Waals surface area contributed by atoms with Crippen molar-refractivity contribution in [2.24, 2.45) is 0 Å². The molecule has 1 saturated heterocycles. The summed E-state index contributed by atoms with van der Waals surface area (Å²) in [4.78, 5) is 11.9. The van der Waals surface area contributed by atoms with Gasteiger partial charge in [-0.15, -0.1) is 0 Å². The summed E-state index contributed by atoms with van der Waals surface area (Å²) in [5, 5.41) is 9.96. The standard InChI is InChI=1S/C15H16N2O2S/c1-15(2)6-5-10-7-9(3-4-11(10)19-15)8-12-13(16)17-14(18)20-12/h3-4,7-8H,5-6H2,1-2H3,(H2,16,17,18)/b12-8-. The van der Waals surface area contributed by atoms with Crippen LogP contribution in [0, 0.1) is 5.41 Å². The Labute approximate surface area is 122 Å². The average molecular weight is 288 g/mol. The predicted molar refractivity (Wildman–Crippen MR) is 81.3 cm³/mol.